The highest BCUT2D eigenvalue weighted by Crippen LogP contribution is 2.27. The number of amides is 1. The highest BCUT2D eigenvalue weighted by atomic mass is 16.5. The first-order valence-electron chi connectivity index (χ1n) is 5.71. The zero-order chi connectivity index (χ0) is 14.4. The fraction of sp³-hybridized carbons (Fsp3) is 0.385. The van der Waals surface area contributed by atoms with Crippen LogP contribution in [0.2, 0.25) is 0 Å². The van der Waals surface area contributed by atoms with E-state index in [-0.39, 0.29) is 6.61 Å². The average Bonchev–Trinajstić information content (AvgIpc) is 2.34. The van der Waals surface area contributed by atoms with Gasteiger partial charge in [-0.2, -0.15) is 0 Å². The third kappa shape index (κ3) is 4.50. The molecule has 1 aromatic rings. The summed E-state index contributed by atoms with van der Waals surface area (Å²) in [4.78, 5) is 21.8. The van der Waals surface area contributed by atoms with Crippen LogP contribution in [0.5, 0.6) is 11.5 Å². The molecular weight excluding hydrogens is 250 g/mol. The van der Waals surface area contributed by atoms with Crippen molar-refractivity contribution in [2.75, 3.05) is 13.7 Å². The lowest BCUT2D eigenvalue weighted by molar-refractivity contribution is -0.142. The Morgan fingerprint density at radius 3 is 2.58 bits per heavy atom. The van der Waals surface area contributed by atoms with Crippen molar-refractivity contribution < 1.29 is 24.2 Å². The standard InChI is InChI=1S/C13H17NO5/c1-8-4-5-11(12(6-8)18-3)19-7-10(13(16)17)14-9(2)15/h4-6,10H,7H2,1-3H3,(H,14,15)(H,16,17). The van der Waals surface area contributed by atoms with Gasteiger partial charge in [-0.25, -0.2) is 4.79 Å². The fourth-order valence-electron chi connectivity index (χ4n) is 1.49. The molecule has 0 aliphatic rings. The van der Waals surface area contributed by atoms with Crippen LogP contribution in [0.1, 0.15) is 12.5 Å². The van der Waals surface area contributed by atoms with Crippen LogP contribution >= 0.6 is 0 Å². The van der Waals surface area contributed by atoms with Crippen LogP contribution in [0.25, 0.3) is 0 Å². The summed E-state index contributed by atoms with van der Waals surface area (Å²) in [6.07, 6.45) is 0. The molecule has 2 N–H and O–H groups in total. The summed E-state index contributed by atoms with van der Waals surface area (Å²) in [5.41, 5.74) is 1.00. The molecular formula is C13H17NO5. The Balaban J connectivity index is 2.73. The predicted octanol–water partition coefficient (Wildman–Crippen LogP) is 0.972. The molecule has 0 saturated heterocycles. The van der Waals surface area contributed by atoms with Crippen LogP contribution in [0, 0.1) is 6.92 Å². The maximum Gasteiger partial charge on any atom is 0.329 e. The molecule has 0 radical (unpaired) electrons. The van der Waals surface area contributed by atoms with Gasteiger partial charge in [0, 0.05) is 6.92 Å². The molecule has 1 unspecified atom stereocenters. The lowest BCUT2D eigenvalue weighted by atomic mass is 10.2. The number of aliphatic carboxylic acids is 1. The Morgan fingerprint density at radius 2 is 2.05 bits per heavy atom. The van der Waals surface area contributed by atoms with Gasteiger partial charge in [-0.05, 0) is 24.6 Å². The molecule has 0 heterocycles. The van der Waals surface area contributed by atoms with Gasteiger partial charge in [-0.15, -0.1) is 0 Å². The second-order valence-corrected chi connectivity index (χ2v) is 4.06. The minimum absolute atomic E-state index is 0.172. The molecule has 19 heavy (non-hydrogen) atoms. The van der Waals surface area contributed by atoms with E-state index in [0.29, 0.717) is 11.5 Å². The van der Waals surface area contributed by atoms with Gasteiger partial charge < -0.3 is 19.9 Å². The first-order chi connectivity index (χ1) is 8.93. The second-order valence-electron chi connectivity index (χ2n) is 4.06. The summed E-state index contributed by atoms with van der Waals surface area (Å²) < 4.78 is 10.5. The number of rotatable bonds is 6. The van der Waals surface area contributed by atoms with Crippen LogP contribution < -0.4 is 14.8 Å². The van der Waals surface area contributed by atoms with Crippen molar-refractivity contribution in [3.05, 3.63) is 23.8 Å². The minimum atomic E-state index is -1.15. The lowest BCUT2D eigenvalue weighted by Gasteiger charge is -2.16. The number of hydrogen-bond acceptors (Lipinski definition) is 4. The second kappa shape index (κ2) is 6.63. The predicted molar refractivity (Wildman–Crippen MR) is 68.5 cm³/mol. The molecule has 0 bridgehead atoms. The highest BCUT2D eigenvalue weighted by Gasteiger charge is 2.19. The molecule has 1 rings (SSSR count). The molecule has 0 aromatic heterocycles. The topological polar surface area (TPSA) is 84.9 Å². The number of nitrogens with one attached hydrogen (secondary N) is 1. The largest absolute Gasteiger partial charge is 0.493 e. The summed E-state index contributed by atoms with van der Waals surface area (Å²) in [6.45, 7) is 2.99. The number of methoxy groups -OCH3 is 1. The van der Waals surface area contributed by atoms with Crippen LogP contribution in [0.3, 0.4) is 0 Å². The highest BCUT2D eigenvalue weighted by molar-refractivity contribution is 5.82. The van der Waals surface area contributed by atoms with E-state index in [1.807, 2.05) is 13.0 Å². The van der Waals surface area contributed by atoms with E-state index in [1.54, 1.807) is 12.1 Å². The molecule has 0 aliphatic heterocycles. The molecule has 0 saturated carbocycles. The normalized spacial score (nSPS) is 11.5. The Bertz CT molecular complexity index is 472. The Kier molecular flexibility index (Phi) is 5.17. The maximum atomic E-state index is 10.9. The lowest BCUT2D eigenvalue weighted by Crippen LogP contribution is -2.43. The first kappa shape index (κ1) is 14.8. The Labute approximate surface area is 111 Å². The van der Waals surface area contributed by atoms with Crippen molar-refractivity contribution in [1.29, 1.82) is 0 Å². The van der Waals surface area contributed by atoms with Crippen molar-refractivity contribution in [1.82, 2.24) is 5.32 Å². The number of aryl methyl sites for hydroxylation is 1. The van der Waals surface area contributed by atoms with Gasteiger partial charge in [0.25, 0.3) is 0 Å². The first-order valence-corrected chi connectivity index (χ1v) is 5.71. The molecule has 6 heteroatoms. The fourth-order valence-corrected chi connectivity index (χ4v) is 1.49. The molecule has 0 spiro atoms. The van der Waals surface area contributed by atoms with Crippen molar-refractivity contribution in [2.45, 2.75) is 19.9 Å². The van der Waals surface area contributed by atoms with E-state index in [4.69, 9.17) is 14.6 Å². The quantitative estimate of drug-likeness (QED) is 0.802. The van der Waals surface area contributed by atoms with Gasteiger partial charge in [0.05, 0.1) is 7.11 Å². The van der Waals surface area contributed by atoms with Gasteiger partial charge in [-0.1, -0.05) is 6.07 Å². The summed E-state index contributed by atoms with van der Waals surface area (Å²) in [5, 5.41) is 11.2. The van der Waals surface area contributed by atoms with Crippen molar-refractivity contribution >= 4 is 11.9 Å². The minimum Gasteiger partial charge on any atom is -0.493 e. The summed E-state index contributed by atoms with van der Waals surface area (Å²) in [6, 6.07) is 4.21. The van der Waals surface area contributed by atoms with Crippen molar-refractivity contribution in [3.8, 4) is 11.5 Å². The van der Waals surface area contributed by atoms with Gasteiger partial charge in [0.2, 0.25) is 5.91 Å². The van der Waals surface area contributed by atoms with Crippen molar-refractivity contribution in [2.24, 2.45) is 0 Å². The number of carboxylic acids is 1. The zero-order valence-corrected chi connectivity index (χ0v) is 11.1. The molecule has 1 aromatic carbocycles. The monoisotopic (exact) mass is 267 g/mol. The zero-order valence-electron chi connectivity index (χ0n) is 11.1. The van der Waals surface area contributed by atoms with Crippen LogP contribution in [0.4, 0.5) is 0 Å². The molecule has 104 valence electrons. The van der Waals surface area contributed by atoms with E-state index in [2.05, 4.69) is 5.32 Å². The molecule has 1 atom stereocenters. The number of hydrogen-bond donors (Lipinski definition) is 2. The smallest absolute Gasteiger partial charge is 0.329 e. The summed E-state index contributed by atoms with van der Waals surface area (Å²) in [5.74, 6) is -0.621. The number of carbonyl (C=O) groups excluding carboxylic acids is 1. The van der Waals surface area contributed by atoms with Crippen LogP contribution in [0.15, 0.2) is 18.2 Å². The molecule has 0 fully saturated rings. The van der Waals surface area contributed by atoms with E-state index in [9.17, 15) is 9.59 Å². The number of carboxylic acid groups (broad SMARTS) is 1. The van der Waals surface area contributed by atoms with E-state index in [0.717, 1.165) is 5.56 Å². The van der Waals surface area contributed by atoms with Crippen molar-refractivity contribution in [3.63, 3.8) is 0 Å². The number of ether oxygens (including phenoxy) is 2. The average molecular weight is 267 g/mol. The SMILES string of the molecule is COc1cc(C)ccc1OCC(NC(C)=O)C(=O)O. The Hall–Kier alpha value is -2.24. The molecule has 6 nitrogen and oxygen atoms in total. The maximum absolute atomic E-state index is 10.9. The van der Waals surface area contributed by atoms with Gasteiger partial charge in [0.15, 0.2) is 17.5 Å². The van der Waals surface area contributed by atoms with Gasteiger partial charge in [-0.3, -0.25) is 4.79 Å². The molecule has 1 amide bonds. The molecule has 0 aliphatic carbocycles. The van der Waals surface area contributed by atoms with Crippen LogP contribution in [-0.4, -0.2) is 36.7 Å². The number of benzene rings is 1. The Morgan fingerprint density at radius 1 is 1.37 bits per heavy atom. The van der Waals surface area contributed by atoms with E-state index >= 15 is 0 Å². The van der Waals surface area contributed by atoms with Gasteiger partial charge >= 0.3 is 5.97 Å². The van der Waals surface area contributed by atoms with Gasteiger partial charge in [0.1, 0.15) is 6.61 Å². The summed E-state index contributed by atoms with van der Waals surface area (Å²) >= 11 is 0. The summed E-state index contributed by atoms with van der Waals surface area (Å²) in [7, 11) is 1.50. The number of carbonyl (C=O) groups is 2. The van der Waals surface area contributed by atoms with E-state index < -0.39 is 17.9 Å². The van der Waals surface area contributed by atoms with E-state index in [1.165, 1.54) is 14.0 Å². The third-order valence-electron chi connectivity index (χ3n) is 2.40. The van der Waals surface area contributed by atoms with Crippen LogP contribution in [-0.2, 0) is 9.59 Å². The third-order valence-corrected chi connectivity index (χ3v) is 2.40.